The highest BCUT2D eigenvalue weighted by Gasteiger charge is 2.40. The van der Waals surface area contributed by atoms with Gasteiger partial charge in [-0.1, -0.05) is 71.4 Å². The second kappa shape index (κ2) is 12.4. The van der Waals surface area contributed by atoms with Crippen LogP contribution in [-0.4, -0.2) is 34.8 Å². The zero-order valence-electron chi connectivity index (χ0n) is 28.0. The fraction of sp³-hybridized carbons (Fsp3) is 0.629. The lowest BCUT2D eigenvalue weighted by molar-refractivity contribution is 0.125. The molecule has 0 saturated heterocycles. The van der Waals surface area contributed by atoms with Gasteiger partial charge in [0.2, 0.25) is 5.88 Å². The van der Waals surface area contributed by atoms with Crippen LogP contribution in [-0.2, 0) is 4.43 Å². The third-order valence-electron chi connectivity index (χ3n) is 10.2. The predicted molar refractivity (Wildman–Crippen MR) is 183 cm³/mol. The first-order valence-corrected chi connectivity index (χ1v) is 22.0. The molecule has 0 N–H and O–H groups in total. The lowest BCUT2D eigenvalue weighted by Crippen LogP contribution is -2.44. The number of rotatable bonds is 9. The van der Waals surface area contributed by atoms with Crippen molar-refractivity contribution in [3.05, 3.63) is 58.3 Å². The van der Waals surface area contributed by atoms with E-state index in [1.165, 1.54) is 18.4 Å². The summed E-state index contributed by atoms with van der Waals surface area (Å²) < 4.78 is 19.2. The first kappa shape index (κ1) is 33.3. The molecule has 4 nitrogen and oxygen atoms in total. The predicted octanol–water partition coefficient (Wildman–Crippen LogP) is 11.0. The van der Waals surface area contributed by atoms with Crippen molar-refractivity contribution in [1.29, 1.82) is 0 Å². The molecule has 0 aliphatic heterocycles. The Bertz CT molecular complexity index is 1280. The Morgan fingerprint density at radius 1 is 0.857 bits per heavy atom. The van der Waals surface area contributed by atoms with Crippen LogP contribution >= 0.6 is 11.6 Å². The second-order valence-corrected chi connectivity index (χ2v) is 25.5. The number of halogens is 1. The maximum atomic E-state index is 6.92. The van der Waals surface area contributed by atoms with Gasteiger partial charge < -0.3 is 13.6 Å². The Hall–Kier alpha value is -1.61. The van der Waals surface area contributed by atoms with Crippen LogP contribution in [0.4, 0.5) is 0 Å². The molecule has 2 saturated carbocycles. The van der Waals surface area contributed by atoms with E-state index in [1.54, 1.807) is 7.11 Å². The molecule has 1 aromatic carbocycles. The van der Waals surface area contributed by atoms with E-state index in [1.807, 2.05) is 6.07 Å². The van der Waals surface area contributed by atoms with Crippen LogP contribution in [0.5, 0.6) is 11.6 Å². The fourth-order valence-electron chi connectivity index (χ4n) is 5.18. The first-order valence-electron chi connectivity index (χ1n) is 15.9. The molecule has 0 amide bonds. The van der Waals surface area contributed by atoms with Gasteiger partial charge in [-0.05, 0) is 110 Å². The molecule has 1 aromatic heterocycles. The topological polar surface area (TPSA) is 40.6 Å². The van der Waals surface area contributed by atoms with Crippen molar-refractivity contribution in [3.8, 4) is 11.6 Å². The van der Waals surface area contributed by atoms with Gasteiger partial charge >= 0.3 is 0 Å². The molecule has 2 aromatic rings. The molecule has 2 aliphatic rings. The van der Waals surface area contributed by atoms with E-state index in [2.05, 4.69) is 98.1 Å². The second-order valence-electron chi connectivity index (χ2n) is 15.6. The summed E-state index contributed by atoms with van der Waals surface area (Å²) in [7, 11) is -2.06. The summed E-state index contributed by atoms with van der Waals surface area (Å²) in [6, 6.07) is 10.6. The van der Waals surface area contributed by atoms with Gasteiger partial charge in [-0.15, -0.1) is 0 Å². The molecule has 2 aliphatic carbocycles. The Balaban J connectivity index is 1.64. The van der Waals surface area contributed by atoms with E-state index < -0.39 is 16.6 Å². The molecule has 0 unspecified atom stereocenters. The molecule has 42 heavy (non-hydrogen) atoms. The summed E-state index contributed by atoms with van der Waals surface area (Å²) in [5.41, 5.74) is 4.34. The highest BCUT2D eigenvalue weighted by atomic mass is 35.5. The molecule has 0 spiro atoms. The van der Waals surface area contributed by atoms with Gasteiger partial charge in [-0.25, -0.2) is 4.98 Å². The molecule has 0 radical (unpaired) electrons. The van der Waals surface area contributed by atoms with E-state index >= 15 is 0 Å². The summed E-state index contributed by atoms with van der Waals surface area (Å²) >= 11 is 6.92. The molecule has 2 fully saturated rings. The fourth-order valence-corrected chi connectivity index (χ4v) is 7.92. The van der Waals surface area contributed by atoms with Crippen LogP contribution in [0.15, 0.2) is 36.4 Å². The van der Waals surface area contributed by atoms with Gasteiger partial charge in [-0.3, -0.25) is 0 Å². The number of benzene rings is 1. The van der Waals surface area contributed by atoms with Crippen LogP contribution in [0.1, 0.15) is 103 Å². The van der Waals surface area contributed by atoms with Crippen molar-refractivity contribution < 1.29 is 13.6 Å². The number of pyridine rings is 1. The minimum Gasteiger partial charge on any atom is -0.543 e. The van der Waals surface area contributed by atoms with E-state index in [-0.39, 0.29) is 10.1 Å². The van der Waals surface area contributed by atoms with Gasteiger partial charge in [0.05, 0.1) is 17.8 Å². The number of hydrogen-bond donors (Lipinski definition) is 0. The number of hydrogen-bond acceptors (Lipinski definition) is 4. The van der Waals surface area contributed by atoms with Crippen LogP contribution in [0.2, 0.25) is 41.3 Å². The van der Waals surface area contributed by atoms with Gasteiger partial charge in [0.1, 0.15) is 5.75 Å². The van der Waals surface area contributed by atoms with Gasteiger partial charge in [0.25, 0.3) is 8.32 Å². The van der Waals surface area contributed by atoms with Crippen LogP contribution in [0.25, 0.3) is 5.57 Å². The number of aromatic nitrogens is 1. The van der Waals surface area contributed by atoms with Gasteiger partial charge in [0, 0.05) is 17.2 Å². The van der Waals surface area contributed by atoms with Gasteiger partial charge in [0.15, 0.2) is 8.32 Å². The molecule has 4 rings (SSSR count). The standard InChI is InChI=1S/C35H54ClNO3Si2/c1-34(2,3)41(8,9)39-27-17-12-24(13-18-27)22-29(31-20-19-28(25-14-15-25)33(37-31)38-7)26-16-21-32(30(36)23-26)40-42(10,11)35(4,5)6/h16,19-25,27H,12-15,17-18H2,1-11H3/b29-22+/t24-,27+. The number of allylic oxidation sites excluding steroid dienone is 1. The SMILES string of the molecule is COc1nc(/C(=C/[C@H]2CC[C@@H](O[Si](C)(C)C(C)(C)C)CC2)c2ccc(O[Si](C)(C)C(C)(C)C)c(Cl)c2)ccc1C1CC1. The average Bonchev–Trinajstić information content (AvgIpc) is 3.73. The summed E-state index contributed by atoms with van der Waals surface area (Å²) in [5.74, 6) is 2.55. The third-order valence-corrected chi connectivity index (χ3v) is 19.4. The summed E-state index contributed by atoms with van der Waals surface area (Å²) in [6.07, 6.45) is 9.63. The molecule has 0 bridgehead atoms. The van der Waals surface area contributed by atoms with Crippen molar-refractivity contribution in [2.45, 2.75) is 128 Å². The average molecular weight is 628 g/mol. The Kier molecular flexibility index (Phi) is 9.84. The van der Waals surface area contributed by atoms with Crippen molar-refractivity contribution in [2.75, 3.05) is 7.11 Å². The quantitative estimate of drug-likeness (QED) is 0.259. The van der Waals surface area contributed by atoms with Gasteiger partial charge in [-0.2, -0.15) is 0 Å². The van der Waals surface area contributed by atoms with Crippen LogP contribution < -0.4 is 9.16 Å². The zero-order valence-corrected chi connectivity index (χ0v) is 30.7. The lowest BCUT2D eigenvalue weighted by atomic mass is 9.84. The summed E-state index contributed by atoms with van der Waals surface area (Å²) in [5, 5.41) is 0.974. The van der Waals surface area contributed by atoms with Crippen molar-refractivity contribution in [1.82, 2.24) is 4.98 Å². The van der Waals surface area contributed by atoms with E-state index in [0.717, 1.165) is 54.1 Å². The Morgan fingerprint density at radius 2 is 1.48 bits per heavy atom. The Labute approximate surface area is 262 Å². The smallest absolute Gasteiger partial charge is 0.250 e. The number of nitrogens with zero attached hydrogens (tertiary/aromatic N) is 1. The third kappa shape index (κ3) is 7.72. The van der Waals surface area contributed by atoms with Crippen LogP contribution in [0.3, 0.4) is 0 Å². The van der Waals surface area contributed by atoms with E-state index in [4.69, 9.17) is 30.2 Å². The van der Waals surface area contributed by atoms with Crippen molar-refractivity contribution >= 4 is 33.8 Å². The van der Waals surface area contributed by atoms with Crippen molar-refractivity contribution in [2.24, 2.45) is 5.92 Å². The number of ether oxygens (including phenoxy) is 1. The highest BCUT2D eigenvalue weighted by Crippen LogP contribution is 2.45. The monoisotopic (exact) mass is 627 g/mol. The highest BCUT2D eigenvalue weighted by molar-refractivity contribution is 6.75. The van der Waals surface area contributed by atoms with E-state index in [9.17, 15) is 0 Å². The maximum Gasteiger partial charge on any atom is 0.250 e. The molecule has 0 atom stereocenters. The minimum atomic E-state index is -2.02. The molecular weight excluding hydrogens is 574 g/mol. The Morgan fingerprint density at radius 3 is 2.00 bits per heavy atom. The van der Waals surface area contributed by atoms with E-state index in [0.29, 0.717) is 23.0 Å². The lowest BCUT2D eigenvalue weighted by Gasteiger charge is -2.41. The largest absolute Gasteiger partial charge is 0.543 e. The van der Waals surface area contributed by atoms with Crippen LogP contribution in [0, 0.1) is 5.92 Å². The molecule has 232 valence electrons. The first-order chi connectivity index (χ1) is 19.4. The molecular formula is C35H54ClNO3Si2. The minimum absolute atomic E-state index is 0.0942. The number of methoxy groups -OCH3 is 1. The molecule has 1 heterocycles. The van der Waals surface area contributed by atoms with Crippen molar-refractivity contribution in [3.63, 3.8) is 0 Å². The molecule has 7 heteroatoms. The summed E-state index contributed by atoms with van der Waals surface area (Å²) in [4.78, 5) is 5.05. The maximum absolute atomic E-state index is 6.92. The normalized spacial score (nSPS) is 20.9. The summed E-state index contributed by atoms with van der Waals surface area (Å²) in [6.45, 7) is 23.0. The zero-order chi connectivity index (χ0) is 31.1.